The van der Waals surface area contributed by atoms with Crippen molar-refractivity contribution >= 4 is 47.5 Å². The van der Waals surface area contributed by atoms with Gasteiger partial charge in [-0.1, -0.05) is 38.7 Å². The van der Waals surface area contributed by atoms with Crippen molar-refractivity contribution < 1.29 is 28.8 Å². The van der Waals surface area contributed by atoms with E-state index in [1.807, 2.05) is 6.07 Å². The number of carbonyl (C=O) groups excluding carboxylic acids is 6. The van der Waals surface area contributed by atoms with Crippen LogP contribution in [0.3, 0.4) is 0 Å². The molecule has 40 heavy (non-hydrogen) atoms. The first kappa shape index (κ1) is 27.5. The minimum absolute atomic E-state index is 0.0999. The molecule has 1 aromatic rings. The number of imide groups is 4. The van der Waals surface area contributed by atoms with Crippen LogP contribution in [0.4, 0.5) is 15.3 Å². The molecule has 0 bridgehead atoms. The molecule has 1 atom stereocenters. The third-order valence-corrected chi connectivity index (χ3v) is 8.63. The van der Waals surface area contributed by atoms with E-state index >= 15 is 0 Å². The number of hydrogen-bond acceptors (Lipinski definition) is 7. The first-order chi connectivity index (χ1) is 19.1. The molecule has 1 N–H and O–H groups in total. The van der Waals surface area contributed by atoms with E-state index in [0.29, 0.717) is 24.9 Å². The zero-order chi connectivity index (χ0) is 28.8. The summed E-state index contributed by atoms with van der Waals surface area (Å²) in [5.41, 5.74) is 0.564. The first-order valence-corrected chi connectivity index (χ1v) is 14.0. The lowest BCUT2D eigenvalue weighted by molar-refractivity contribution is -0.159. The second-order valence-electron chi connectivity index (χ2n) is 11.1. The van der Waals surface area contributed by atoms with Crippen LogP contribution in [0.15, 0.2) is 23.8 Å². The van der Waals surface area contributed by atoms with Crippen molar-refractivity contribution in [1.29, 1.82) is 0 Å². The fraction of sp³-hybridized carbons (Fsp3) is 0.517. The number of barbiturate groups is 2. The molecule has 4 aliphatic rings. The molecule has 11 heteroatoms. The van der Waals surface area contributed by atoms with Crippen LogP contribution in [-0.2, 0) is 25.6 Å². The summed E-state index contributed by atoms with van der Waals surface area (Å²) in [6.07, 6.45) is 7.72. The molecule has 0 aliphatic carbocycles. The van der Waals surface area contributed by atoms with E-state index in [0.717, 1.165) is 58.1 Å². The van der Waals surface area contributed by atoms with E-state index in [2.05, 4.69) is 17.1 Å². The van der Waals surface area contributed by atoms with Gasteiger partial charge in [0, 0.05) is 32.9 Å². The number of carbonyl (C=O) groups is 6. The van der Waals surface area contributed by atoms with Gasteiger partial charge in [-0.3, -0.25) is 39.2 Å². The molecule has 1 aromatic carbocycles. The van der Waals surface area contributed by atoms with Gasteiger partial charge in [0.2, 0.25) is 11.8 Å². The van der Waals surface area contributed by atoms with Crippen molar-refractivity contribution in [3.63, 3.8) is 0 Å². The Kier molecular flexibility index (Phi) is 7.24. The summed E-state index contributed by atoms with van der Waals surface area (Å²) in [5, 5.41) is 2.27. The van der Waals surface area contributed by atoms with E-state index in [1.165, 1.54) is 20.2 Å². The van der Waals surface area contributed by atoms with E-state index < -0.39 is 41.1 Å². The van der Waals surface area contributed by atoms with Crippen LogP contribution in [0, 0.1) is 5.41 Å². The van der Waals surface area contributed by atoms with Crippen LogP contribution in [0.2, 0.25) is 0 Å². The van der Waals surface area contributed by atoms with Gasteiger partial charge < -0.3 is 4.90 Å². The Balaban J connectivity index is 1.46. The van der Waals surface area contributed by atoms with Crippen molar-refractivity contribution in [2.24, 2.45) is 5.41 Å². The second-order valence-corrected chi connectivity index (χ2v) is 11.1. The molecule has 3 saturated heterocycles. The molecule has 5 rings (SSSR count). The summed E-state index contributed by atoms with van der Waals surface area (Å²) in [5.74, 6) is -2.42. The van der Waals surface area contributed by atoms with Crippen molar-refractivity contribution in [1.82, 2.24) is 20.0 Å². The van der Waals surface area contributed by atoms with Crippen LogP contribution in [0.5, 0.6) is 0 Å². The van der Waals surface area contributed by atoms with E-state index in [1.54, 1.807) is 12.1 Å². The predicted molar refractivity (Wildman–Crippen MR) is 146 cm³/mol. The van der Waals surface area contributed by atoms with E-state index in [9.17, 15) is 28.8 Å². The summed E-state index contributed by atoms with van der Waals surface area (Å²) in [7, 11) is 2.80. The highest BCUT2D eigenvalue weighted by atomic mass is 16.2. The number of unbranched alkanes of at least 4 members (excludes halogenated alkanes) is 4. The zero-order valence-electron chi connectivity index (χ0n) is 23.2. The lowest BCUT2D eigenvalue weighted by Gasteiger charge is -2.50. The maximum absolute atomic E-state index is 13.6. The Morgan fingerprint density at radius 1 is 0.975 bits per heavy atom. The largest absolute Gasteiger partial charge is 0.367 e. The molecule has 4 aliphatic heterocycles. The van der Waals surface area contributed by atoms with Gasteiger partial charge in [0.1, 0.15) is 5.57 Å². The Morgan fingerprint density at radius 3 is 2.38 bits per heavy atom. The molecule has 0 aromatic heterocycles. The van der Waals surface area contributed by atoms with Gasteiger partial charge in [-0.2, -0.15) is 0 Å². The molecule has 4 heterocycles. The molecule has 3 fully saturated rings. The number of rotatable bonds is 7. The number of nitrogens with one attached hydrogen (secondary N) is 1. The Bertz CT molecular complexity index is 1310. The fourth-order valence-corrected chi connectivity index (χ4v) is 6.56. The molecular weight excluding hydrogens is 514 g/mol. The number of benzene rings is 1. The average molecular weight is 550 g/mol. The van der Waals surface area contributed by atoms with Gasteiger partial charge >= 0.3 is 12.1 Å². The minimum Gasteiger partial charge on any atom is -0.367 e. The number of urea groups is 2. The molecule has 11 nitrogen and oxygen atoms in total. The van der Waals surface area contributed by atoms with Crippen LogP contribution < -0.4 is 10.2 Å². The molecule has 0 radical (unpaired) electrons. The number of fused-ring (bicyclic) bond motifs is 4. The van der Waals surface area contributed by atoms with Crippen molar-refractivity contribution in [3.8, 4) is 0 Å². The molecule has 0 saturated carbocycles. The minimum atomic E-state index is -1.44. The Hall–Kier alpha value is -4.02. The standard InChI is InChI=1S/C29H35N5O6/c1-4-5-6-7-8-13-34-24(36)20(23(35)30-27(34)39)16-18-11-12-21-19(15-18)17-29(22-10-9-14-33(21)22)25(37)31(2)28(40)32(3)26(29)38/h11-12,15-16,22H,4-10,13-14,17H2,1-3H3,(H,30,35,39)/b20-16-. The van der Waals surface area contributed by atoms with E-state index in [-0.39, 0.29) is 24.6 Å². The smallest absolute Gasteiger partial charge is 0.332 e. The number of hydrogen-bond donors (Lipinski definition) is 1. The van der Waals surface area contributed by atoms with Gasteiger partial charge in [-0.25, -0.2) is 9.59 Å². The molecule has 1 unspecified atom stereocenters. The van der Waals surface area contributed by atoms with Crippen molar-refractivity contribution in [3.05, 3.63) is 34.9 Å². The third-order valence-electron chi connectivity index (χ3n) is 8.63. The second kappa shape index (κ2) is 10.5. The molecule has 1 spiro atoms. The third kappa shape index (κ3) is 4.28. The number of nitrogens with zero attached hydrogens (tertiary/aromatic N) is 4. The average Bonchev–Trinajstić information content (AvgIpc) is 3.44. The lowest BCUT2D eigenvalue weighted by atomic mass is 9.68. The maximum Gasteiger partial charge on any atom is 0.332 e. The van der Waals surface area contributed by atoms with Gasteiger partial charge in [-0.05, 0) is 55.0 Å². The van der Waals surface area contributed by atoms with E-state index in [4.69, 9.17) is 0 Å². The summed E-state index contributed by atoms with van der Waals surface area (Å²) in [6.45, 7) is 3.00. The summed E-state index contributed by atoms with van der Waals surface area (Å²) in [4.78, 5) is 83.1. The zero-order valence-corrected chi connectivity index (χ0v) is 23.2. The van der Waals surface area contributed by atoms with Crippen LogP contribution in [-0.4, -0.2) is 83.6 Å². The SMILES string of the molecule is CCCCCCCN1C(=O)NC(=O)/C(=C/c2ccc3c(c2)CC2(C(=O)N(C)C(=O)N(C)C2=O)C2CCCN32)C1=O. The van der Waals surface area contributed by atoms with Gasteiger partial charge in [0.15, 0.2) is 5.41 Å². The van der Waals surface area contributed by atoms with Crippen LogP contribution >= 0.6 is 0 Å². The maximum atomic E-state index is 13.6. The van der Waals surface area contributed by atoms with Crippen LogP contribution in [0.1, 0.15) is 63.0 Å². The van der Waals surface area contributed by atoms with Crippen molar-refractivity contribution in [2.75, 3.05) is 32.1 Å². The number of anilines is 1. The topological polar surface area (TPSA) is 127 Å². The van der Waals surface area contributed by atoms with Crippen LogP contribution in [0.25, 0.3) is 6.08 Å². The molecular formula is C29H35N5O6. The lowest BCUT2D eigenvalue weighted by Crippen LogP contribution is -2.70. The van der Waals surface area contributed by atoms with Gasteiger partial charge in [0.05, 0.1) is 6.04 Å². The Morgan fingerprint density at radius 2 is 1.68 bits per heavy atom. The Labute approximate surface area is 233 Å². The summed E-state index contributed by atoms with van der Waals surface area (Å²) < 4.78 is 0. The monoisotopic (exact) mass is 549 g/mol. The summed E-state index contributed by atoms with van der Waals surface area (Å²) >= 11 is 0. The molecule has 212 valence electrons. The number of amides is 8. The highest BCUT2D eigenvalue weighted by Crippen LogP contribution is 2.49. The summed E-state index contributed by atoms with van der Waals surface area (Å²) in [6, 6.07) is 3.71. The highest BCUT2D eigenvalue weighted by Gasteiger charge is 2.63. The van der Waals surface area contributed by atoms with Crippen molar-refractivity contribution in [2.45, 2.75) is 64.3 Å². The first-order valence-electron chi connectivity index (χ1n) is 14.0. The molecule has 8 amide bonds. The van der Waals surface area contributed by atoms with Gasteiger partial charge in [-0.15, -0.1) is 0 Å². The quantitative estimate of drug-likeness (QED) is 0.240. The predicted octanol–water partition coefficient (Wildman–Crippen LogP) is 2.68. The van der Waals surface area contributed by atoms with Gasteiger partial charge in [0.25, 0.3) is 11.8 Å². The fourth-order valence-electron chi connectivity index (χ4n) is 6.56. The highest BCUT2D eigenvalue weighted by molar-refractivity contribution is 6.31. The normalized spacial score (nSPS) is 23.4.